The predicted molar refractivity (Wildman–Crippen MR) is 70.8 cm³/mol. The normalized spacial score (nSPS) is 10.1. The number of hydrogen-bond acceptors (Lipinski definition) is 5. The number of hydrogen-bond donors (Lipinski definition) is 0. The summed E-state index contributed by atoms with van der Waals surface area (Å²) in [4.78, 5) is 22.3. The third-order valence-corrected chi connectivity index (χ3v) is 2.69. The molecule has 0 spiro atoms. The van der Waals surface area contributed by atoms with Gasteiger partial charge in [0.05, 0.1) is 7.11 Å². The van der Waals surface area contributed by atoms with Gasteiger partial charge in [0.15, 0.2) is 5.78 Å². The molecule has 20 heavy (non-hydrogen) atoms. The molecule has 0 saturated carbocycles. The first-order chi connectivity index (χ1) is 9.60. The summed E-state index contributed by atoms with van der Waals surface area (Å²) in [7, 11) is 1.29. The van der Waals surface area contributed by atoms with Crippen molar-refractivity contribution >= 4 is 11.8 Å². The molecular weight excluding hydrogens is 260 g/mol. The zero-order valence-corrected chi connectivity index (χ0v) is 11.2. The highest BCUT2D eigenvalue weighted by Gasteiger charge is 2.11. The minimum atomic E-state index is -0.526. The molecule has 2 aromatic rings. The van der Waals surface area contributed by atoms with Crippen LogP contribution in [-0.2, 0) is 11.3 Å². The van der Waals surface area contributed by atoms with Gasteiger partial charge >= 0.3 is 5.97 Å². The molecule has 0 aliphatic rings. The number of carbonyl (C=O) groups is 2. The monoisotopic (exact) mass is 274 g/mol. The number of ether oxygens (including phenoxy) is 2. The summed E-state index contributed by atoms with van der Waals surface area (Å²) in [5.41, 5.74) is 0.628. The van der Waals surface area contributed by atoms with Crippen LogP contribution >= 0.6 is 0 Å². The van der Waals surface area contributed by atoms with Crippen molar-refractivity contribution in [2.45, 2.75) is 13.5 Å². The molecule has 1 aromatic carbocycles. The van der Waals surface area contributed by atoms with Gasteiger partial charge in [-0.05, 0) is 43.3 Å². The number of esters is 1. The quantitative estimate of drug-likeness (QED) is 0.619. The average molecular weight is 274 g/mol. The summed E-state index contributed by atoms with van der Waals surface area (Å²) in [6.45, 7) is 1.70. The lowest BCUT2D eigenvalue weighted by Gasteiger charge is -2.04. The minimum Gasteiger partial charge on any atom is -0.486 e. The van der Waals surface area contributed by atoms with E-state index in [1.807, 2.05) is 0 Å². The molecule has 0 aliphatic carbocycles. The molecule has 0 aliphatic heterocycles. The third kappa shape index (κ3) is 3.26. The van der Waals surface area contributed by atoms with E-state index >= 15 is 0 Å². The lowest BCUT2D eigenvalue weighted by molar-refractivity contribution is 0.0561. The molecule has 0 radical (unpaired) electrons. The van der Waals surface area contributed by atoms with Gasteiger partial charge in [-0.25, -0.2) is 4.79 Å². The number of Topliss-reactive ketones (excluding diaryl/α,β-unsaturated/α-hetero) is 1. The first kappa shape index (κ1) is 13.9. The fourth-order valence-electron chi connectivity index (χ4n) is 1.61. The minimum absolute atomic E-state index is 0.00491. The van der Waals surface area contributed by atoms with Crippen molar-refractivity contribution in [3.8, 4) is 5.75 Å². The number of carbonyl (C=O) groups excluding carboxylic acids is 2. The van der Waals surface area contributed by atoms with E-state index < -0.39 is 5.97 Å². The van der Waals surface area contributed by atoms with E-state index in [9.17, 15) is 9.59 Å². The second-order valence-electron chi connectivity index (χ2n) is 4.13. The molecular formula is C15H14O5. The number of benzene rings is 1. The molecule has 0 N–H and O–H groups in total. The Kier molecular flexibility index (Phi) is 4.20. The van der Waals surface area contributed by atoms with Crippen LogP contribution in [0.15, 0.2) is 40.8 Å². The molecule has 104 valence electrons. The maximum Gasteiger partial charge on any atom is 0.373 e. The van der Waals surface area contributed by atoms with Gasteiger partial charge in [-0.3, -0.25) is 4.79 Å². The van der Waals surface area contributed by atoms with E-state index in [0.717, 1.165) is 0 Å². The lowest BCUT2D eigenvalue weighted by atomic mass is 10.1. The first-order valence-electron chi connectivity index (χ1n) is 6.01. The Bertz CT molecular complexity index is 609. The molecule has 0 saturated heterocycles. The molecule has 0 bridgehead atoms. The van der Waals surface area contributed by atoms with Gasteiger partial charge in [-0.2, -0.15) is 0 Å². The summed E-state index contributed by atoms with van der Waals surface area (Å²) in [6, 6.07) is 9.99. The number of ketones is 1. The molecule has 1 aromatic heterocycles. The van der Waals surface area contributed by atoms with Crippen molar-refractivity contribution in [3.63, 3.8) is 0 Å². The van der Waals surface area contributed by atoms with Gasteiger partial charge in [0.25, 0.3) is 0 Å². The summed E-state index contributed by atoms with van der Waals surface area (Å²) in [5.74, 6) is 0.748. The number of furan rings is 1. The van der Waals surface area contributed by atoms with Crippen LogP contribution < -0.4 is 4.74 Å². The van der Waals surface area contributed by atoms with E-state index in [2.05, 4.69) is 4.74 Å². The molecule has 0 amide bonds. The van der Waals surface area contributed by atoms with E-state index in [-0.39, 0.29) is 18.2 Å². The standard InChI is InChI=1S/C15H14O5/c1-10(16)11-3-5-12(6-4-11)19-9-13-7-8-14(20-13)15(17)18-2/h3-8H,9H2,1-2H3. The van der Waals surface area contributed by atoms with E-state index in [1.54, 1.807) is 30.3 Å². The van der Waals surface area contributed by atoms with Crippen molar-refractivity contribution in [1.82, 2.24) is 0 Å². The summed E-state index contributed by atoms with van der Waals surface area (Å²) in [5, 5.41) is 0. The molecule has 5 nitrogen and oxygen atoms in total. The second-order valence-corrected chi connectivity index (χ2v) is 4.13. The van der Waals surface area contributed by atoms with Crippen molar-refractivity contribution in [3.05, 3.63) is 53.5 Å². The summed E-state index contributed by atoms with van der Waals surface area (Å²) >= 11 is 0. The molecule has 1 heterocycles. The topological polar surface area (TPSA) is 65.7 Å². The van der Waals surface area contributed by atoms with Gasteiger partial charge < -0.3 is 13.9 Å². The zero-order chi connectivity index (χ0) is 14.5. The van der Waals surface area contributed by atoms with Gasteiger partial charge in [0, 0.05) is 5.56 Å². The van der Waals surface area contributed by atoms with Crippen LogP contribution in [0.25, 0.3) is 0 Å². The molecule has 0 fully saturated rings. The van der Waals surface area contributed by atoms with E-state index in [0.29, 0.717) is 17.1 Å². The Morgan fingerprint density at radius 3 is 2.40 bits per heavy atom. The number of methoxy groups -OCH3 is 1. The highest BCUT2D eigenvalue weighted by Crippen LogP contribution is 2.16. The highest BCUT2D eigenvalue weighted by atomic mass is 16.5. The predicted octanol–water partition coefficient (Wildman–Crippen LogP) is 2.85. The van der Waals surface area contributed by atoms with Gasteiger partial charge in [-0.15, -0.1) is 0 Å². The fraction of sp³-hybridized carbons (Fsp3) is 0.200. The zero-order valence-electron chi connectivity index (χ0n) is 11.2. The Hall–Kier alpha value is -2.56. The Labute approximate surface area is 116 Å². The van der Waals surface area contributed by atoms with E-state index in [1.165, 1.54) is 20.1 Å². The van der Waals surface area contributed by atoms with Crippen LogP contribution in [0.3, 0.4) is 0 Å². The maximum absolute atomic E-state index is 11.2. The van der Waals surface area contributed by atoms with Crippen molar-refractivity contribution in [2.75, 3.05) is 7.11 Å². The SMILES string of the molecule is COC(=O)c1ccc(COc2ccc(C(C)=O)cc2)o1. The summed E-state index contributed by atoms with van der Waals surface area (Å²) < 4.78 is 15.3. The Morgan fingerprint density at radius 2 is 1.80 bits per heavy atom. The third-order valence-electron chi connectivity index (χ3n) is 2.69. The van der Waals surface area contributed by atoms with Crippen LogP contribution in [0.5, 0.6) is 5.75 Å². The molecule has 0 unspecified atom stereocenters. The van der Waals surface area contributed by atoms with Crippen molar-refractivity contribution < 1.29 is 23.5 Å². The van der Waals surface area contributed by atoms with Crippen molar-refractivity contribution in [2.24, 2.45) is 0 Å². The summed E-state index contributed by atoms with van der Waals surface area (Å²) in [6.07, 6.45) is 0. The Morgan fingerprint density at radius 1 is 1.10 bits per heavy atom. The smallest absolute Gasteiger partial charge is 0.373 e. The van der Waals surface area contributed by atoms with Crippen LogP contribution in [-0.4, -0.2) is 18.9 Å². The fourth-order valence-corrected chi connectivity index (χ4v) is 1.61. The molecule has 2 rings (SSSR count). The Balaban J connectivity index is 1.96. The van der Waals surface area contributed by atoms with Crippen LogP contribution in [0.1, 0.15) is 33.6 Å². The van der Waals surface area contributed by atoms with E-state index in [4.69, 9.17) is 9.15 Å². The molecule has 5 heteroatoms. The average Bonchev–Trinajstić information content (AvgIpc) is 2.93. The second kappa shape index (κ2) is 6.06. The van der Waals surface area contributed by atoms with Gasteiger partial charge in [-0.1, -0.05) is 0 Å². The van der Waals surface area contributed by atoms with Gasteiger partial charge in [0.1, 0.15) is 18.1 Å². The highest BCUT2D eigenvalue weighted by molar-refractivity contribution is 5.94. The van der Waals surface area contributed by atoms with Crippen molar-refractivity contribution in [1.29, 1.82) is 0 Å². The largest absolute Gasteiger partial charge is 0.486 e. The van der Waals surface area contributed by atoms with Crippen LogP contribution in [0.2, 0.25) is 0 Å². The van der Waals surface area contributed by atoms with Crippen LogP contribution in [0, 0.1) is 0 Å². The number of rotatable bonds is 5. The maximum atomic E-state index is 11.2. The first-order valence-corrected chi connectivity index (χ1v) is 6.01. The van der Waals surface area contributed by atoms with Crippen LogP contribution in [0.4, 0.5) is 0 Å². The van der Waals surface area contributed by atoms with Gasteiger partial charge in [0.2, 0.25) is 5.76 Å². The molecule has 0 atom stereocenters. The lowest BCUT2D eigenvalue weighted by Crippen LogP contribution is -1.99.